The largest absolute Gasteiger partial charge is 0.491 e. The van der Waals surface area contributed by atoms with Gasteiger partial charge >= 0.3 is 0 Å². The molecule has 0 heterocycles. The van der Waals surface area contributed by atoms with Crippen LogP contribution < -0.4 is 14.8 Å². The highest BCUT2D eigenvalue weighted by molar-refractivity contribution is 6.33. The highest BCUT2D eigenvalue weighted by atomic mass is 35.5. The van der Waals surface area contributed by atoms with Crippen LogP contribution in [-0.4, -0.2) is 32.0 Å². The first-order valence-corrected chi connectivity index (χ1v) is 8.92. The maximum atomic E-state index is 12.6. The van der Waals surface area contributed by atoms with Crippen molar-refractivity contribution < 1.29 is 19.1 Å². The van der Waals surface area contributed by atoms with Crippen LogP contribution in [0.4, 0.5) is 11.4 Å². The fraction of sp³-hybridized carbons (Fsp3) is 0.263. The number of hydrogen-bond acceptors (Lipinski definition) is 6. The number of nitrogens with zero attached hydrogens (tertiary/aromatic N) is 2. The quantitative estimate of drug-likeness (QED) is 0.501. The summed E-state index contributed by atoms with van der Waals surface area (Å²) in [7, 11) is 2.83. The van der Waals surface area contributed by atoms with Gasteiger partial charge in [-0.3, -0.25) is 9.59 Å². The summed E-state index contributed by atoms with van der Waals surface area (Å²) >= 11 is 12.2. The molecule has 0 fully saturated rings. The Bertz CT molecular complexity index is 932. The van der Waals surface area contributed by atoms with Crippen molar-refractivity contribution in [2.75, 3.05) is 19.5 Å². The lowest BCUT2D eigenvalue weighted by Gasteiger charge is -2.16. The number of azo groups is 1. The summed E-state index contributed by atoms with van der Waals surface area (Å²) in [5, 5.41) is 11.1. The predicted molar refractivity (Wildman–Crippen MR) is 108 cm³/mol. The molecule has 9 heteroatoms. The zero-order valence-corrected chi connectivity index (χ0v) is 17.3. The van der Waals surface area contributed by atoms with Gasteiger partial charge in [0.2, 0.25) is 6.04 Å². The van der Waals surface area contributed by atoms with E-state index >= 15 is 0 Å². The Labute approximate surface area is 172 Å². The minimum Gasteiger partial charge on any atom is -0.491 e. The van der Waals surface area contributed by atoms with Gasteiger partial charge in [-0.15, -0.1) is 0 Å². The van der Waals surface area contributed by atoms with Gasteiger partial charge in [-0.1, -0.05) is 29.3 Å². The second kappa shape index (κ2) is 9.52. The van der Waals surface area contributed by atoms with Gasteiger partial charge < -0.3 is 14.8 Å². The van der Waals surface area contributed by atoms with E-state index in [2.05, 4.69) is 15.5 Å². The van der Waals surface area contributed by atoms with Crippen LogP contribution in [0.5, 0.6) is 11.5 Å². The van der Waals surface area contributed by atoms with E-state index in [1.807, 2.05) is 6.92 Å². The maximum absolute atomic E-state index is 12.6. The second-order valence-corrected chi connectivity index (χ2v) is 6.65. The molecule has 0 saturated carbocycles. The van der Waals surface area contributed by atoms with Crippen molar-refractivity contribution in [1.29, 1.82) is 0 Å². The number of hydrogen-bond donors (Lipinski definition) is 1. The van der Waals surface area contributed by atoms with E-state index in [9.17, 15) is 9.59 Å². The normalized spacial score (nSPS) is 11.9. The van der Waals surface area contributed by atoms with Crippen molar-refractivity contribution >= 4 is 46.3 Å². The first-order chi connectivity index (χ1) is 13.3. The van der Waals surface area contributed by atoms with Crippen molar-refractivity contribution in [1.82, 2.24) is 0 Å². The fourth-order valence-corrected chi connectivity index (χ4v) is 2.86. The van der Waals surface area contributed by atoms with Gasteiger partial charge in [0.1, 0.15) is 5.69 Å². The molecule has 148 valence electrons. The molecular formula is C19H19Cl2N3O4. The highest BCUT2D eigenvalue weighted by Gasteiger charge is 2.25. The van der Waals surface area contributed by atoms with Crippen molar-refractivity contribution in [2.45, 2.75) is 19.9 Å². The number of Topliss-reactive ketones (excluding diaryl/α,β-unsaturated/α-hetero) is 1. The Kier molecular flexibility index (Phi) is 7.37. The van der Waals surface area contributed by atoms with E-state index in [0.717, 1.165) is 5.56 Å². The van der Waals surface area contributed by atoms with Gasteiger partial charge in [-0.05, 0) is 43.7 Å². The number of carbonyl (C=O) groups excluding carboxylic acids is 2. The van der Waals surface area contributed by atoms with Gasteiger partial charge in [-0.25, -0.2) is 0 Å². The summed E-state index contributed by atoms with van der Waals surface area (Å²) in [5.41, 5.74) is 1.59. The lowest BCUT2D eigenvalue weighted by atomic mass is 10.2. The van der Waals surface area contributed by atoms with Crippen LogP contribution in [0.15, 0.2) is 40.6 Å². The molecule has 0 aromatic heterocycles. The third-order valence-electron chi connectivity index (χ3n) is 3.75. The molecule has 1 amide bonds. The summed E-state index contributed by atoms with van der Waals surface area (Å²) in [4.78, 5) is 24.6. The van der Waals surface area contributed by atoms with Crippen LogP contribution in [0, 0.1) is 6.92 Å². The molecule has 1 unspecified atom stereocenters. The number of ketones is 1. The Morgan fingerprint density at radius 3 is 2.29 bits per heavy atom. The molecule has 7 nitrogen and oxygen atoms in total. The average molecular weight is 424 g/mol. The SMILES string of the molecule is COc1c(Cl)ccc(NC(=O)C(N=Nc2ccc(C)cc2Cl)C(C)=O)c1OC. The molecule has 0 aliphatic carbocycles. The number of halogens is 2. The van der Waals surface area contributed by atoms with Crippen LogP contribution in [0.25, 0.3) is 0 Å². The van der Waals surface area contributed by atoms with Gasteiger partial charge in [0, 0.05) is 0 Å². The summed E-state index contributed by atoms with van der Waals surface area (Å²) in [6, 6.07) is 6.88. The maximum Gasteiger partial charge on any atom is 0.258 e. The molecule has 0 spiro atoms. The second-order valence-electron chi connectivity index (χ2n) is 5.83. The number of ether oxygens (including phenoxy) is 2. The average Bonchev–Trinajstić information content (AvgIpc) is 2.64. The number of amides is 1. The van der Waals surface area contributed by atoms with E-state index in [0.29, 0.717) is 15.7 Å². The molecule has 0 aliphatic heterocycles. The fourth-order valence-electron chi connectivity index (χ4n) is 2.36. The van der Waals surface area contributed by atoms with Crippen molar-refractivity contribution in [3.8, 4) is 11.5 Å². The standard InChI is InChI=1S/C19H19Cl2N3O4/c1-10-5-7-14(13(21)9-10)23-24-16(11(2)25)19(26)22-15-8-6-12(20)17(27-3)18(15)28-4/h5-9,16H,1-4H3,(H,22,26). The minimum absolute atomic E-state index is 0.226. The first kappa shape index (κ1) is 21.7. The number of aryl methyl sites for hydroxylation is 1. The lowest BCUT2D eigenvalue weighted by Crippen LogP contribution is -2.32. The third-order valence-corrected chi connectivity index (χ3v) is 4.35. The topological polar surface area (TPSA) is 89.4 Å². The molecule has 2 rings (SSSR count). The minimum atomic E-state index is -1.36. The number of nitrogens with one attached hydrogen (secondary N) is 1. The van der Waals surface area contributed by atoms with Crippen LogP contribution >= 0.6 is 23.2 Å². The summed E-state index contributed by atoms with van der Waals surface area (Å²) in [6.07, 6.45) is 0. The molecule has 0 bridgehead atoms. The van der Waals surface area contributed by atoms with Crippen LogP contribution in [0.1, 0.15) is 12.5 Å². The van der Waals surface area contributed by atoms with Gasteiger partial charge in [-0.2, -0.15) is 10.2 Å². The molecular weight excluding hydrogens is 405 g/mol. The monoisotopic (exact) mass is 423 g/mol. The van der Waals surface area contributed by atoms with Crippen molar-refractivity contribution in [2.24, 2.45) is 10.2 Å². The van der Waals surface area contributed by atoms with Crippen LogP contribution in [-0.2, 0) is 9.59 Å². The van der Waals surface area contributed by atoms with Gasteiger partial charge in [0.25, 0.3) is 5.91 Å². The molecule has 1 atom stereocenters. The number of anilines is 1. The van der Waals surface area contributed by atoms with Crippen molar-refractivity contribution in [3.63, 3.8) is 0 Å². The Hall–Kier alpha value is -2.64. The molecule has 28 heavy (non-hydrogen) atoms. The lowest BCUT2D eigenvalue weighted by molar-refractivity contribution is -0.126. The molecule has 0 radical (unpaired) electrons. The van der Waals surface area contributed by atoms with Gasteiger partial charge in [0.15, 0.2) is 17.3 Å². The molecule has 2 aromatic rings. The summed E-state index contributed by atoms with van der Waals surface area (Å²) in [6.45, 7) is 3.13. The molecule has 1 N–H and O–H groups in total. The predicted octanol–water partition coefficient (Wildman–Crippen LogP) is 5.00. The van der Waals surface area contributed by atoms with Crippen LogP contribution in [0.3, 0.4) is 0 Å². The van der Waals surface area contributed by atoms with E-state index in [1.165, 1.54) is 33.3 Å². The van der Waals surface area contributed by atoms with Crippen molar-refractivity contribution in [3.05, 3.63) is 45.9 Å². The highest BCUT2D eigenvalue weighted by Crippen LogP contribution is 2.40. The number of methoxy groups -OCH3 is 2. The number of rotatable bonds is 7. The van der Waals surface area contributed by atoms with E-state index < -0.39 is 17.7 Å². The smallest absolute Gasteiger partial charge is 0.258 e. The number of benzene rings is 2. The summed E-state index contributed by atoms with van der Waals surface area (Å²) < 4.78 is 10.5. The summed E-state index contributed by atoms with van der Waals surface area (Å²) in [5.74, 6) is -0.676. The van der Waals surface area contributed by atoms with Gasteiger partial charge in [0.05, 0.1) is 30.0 Å². The zero-order chi connectivity index (χ0) is 20.8. The molecule has 0 aliphatic rings. The van der Waals surface area contributed by atoms with E-state index in [1.54, 1.807) is 18.2 Å². The zero-order valence-electron chi connectivity index (χ0n) is 15.7. The van der Waals surface area contributed by atoms with Crippen LogP contribution in [0.2, 0.25) is 10.0 Å². The Morgan fingerprint density at radius 2 is 1.71 bits per heavy atom. The Morgan fingerprint density at radius 1 is 1.04 bits per heavy atom. The Balaban J connectivity index is 2.29. The molecule has 0 saturated heterocycles. The third kappa shape index (κ3) is 4.99. The molecule has 2 aromatic carbocycles. The van der Waals surface area contributed by atoms with E-state index in [4.69, 9.17) is 32.7 Å². The first-order valence-electron chi connectivity index (χ1n) is 8.17. The number of carbonyl (C=O) groups is 2. The van der Waals surface area contributed by atoms with E-state index in [-0.39, 0.29) is 17.2 Å².